The minimum absolute atomic E-state index is 0.0315. The van der Waals surface area contributed by atoms with E-state index < -0.39 is 0 Å². The van der Waals surface area contributed by atoms with Gasteiger partial charge in [0.2, 0.25) is 17.6 Å². The summed E-state index contributed by atoms with van der Waals surface area (Å²) in [7, 11) is 0. The Morgan fingerprint density at radius 2 is 1.93 bits per heavy atom. The molecule has 1 saturated heterocycles. The minimum Gasteiger partial charge on any atom is -0.486 e. The summed E-state index contributed by atoms with van der Waals surface area (Å²) in [6.45, 7) is 1.42. The van der Waals surface area contributed by atoms with Gasteiger partial charge in [-0.1, -0.05) is 5.16 Å². The number of carbonyl (C=O) groups excluding carboxylic acids is 1. The van der Waals surface area contributed by atoms with Crippen LogP contribution in [0.3, 0.4) is 0 Å². The lowest BCUT2D eigenvalue weighted by Gasteiger charge is -2.22. The minimum atomic E-state index is -0.367. The van der Waals surface area contributed by atoms with E-state index >= 15 is 0 Å². The van der Waals surface area contributed by atoms with Gasteiger partial charge < -0.3 is 18.9 Å². The first kappa shape index (κ1) is 18.1. The number of fused-ring (bicyclic) bond motifs is 1. The molecule has 148 valence electrons. The Labute approximate surface area is 173 Å². The van der Waals surface area contributed by atoms with Gasteiger partial charge in [-0.15, -0.1) is 0 Å². The van der Waals surface area contributed by atoms with Gasteiger partial charge in [0.25, 0.3) is 0 Å². The van der Waals surface area contributed by atoms with E-state index in [4.69, 9.17) is 14.0 Å². The van der Waals surface area contributed by atoms with Crippen LogP contribution < -0.4 is 14.4 Å². The third kappa shape index (κ3) is 3.35. The highest BCUT2D eigenvalue weighted by Crippen LogP contribution is 2.37. The average Bonchev–Trinajstić information content (AvgIpc) is 3.37. The summed E-state index contributed by atoms with van der Waals surface area (Å²) >= 11 is 3.15. The maximum absolute atomic E-state index is 13.4. The second kappa shape index (κ2) is 7.14. The third-order valence-electron chi connectivity index (χ3n) is 4.93. The number of amides is 1. The fraction of sp³-hybridized carbons (Fsp3) is 0.250. The molecule has 2 aliphatic heterocycles. The molecule has 5 rings (SSSR count). The summed E-state index contributed by atoms with van der Waals surface area (Å²) in [5, 5.41) is 3.99. The van der Waals surface area contributed by atoms with Gasteiger partial charge in [0.05, 0.1) is 10.4 Å². The number of carbonyl (C=O) groups is 1. The molecule has 0 radical (unpaired) electrons. The Morgan fingerprint density at radius 1 is 1.10 bits per heavy atom. The molecule has 7 nitrogen and oxygen atoms in total. The highest BCUT2D eigenvalue weighted by molar-refractivity contribution is 9.10. The second-order valence-electron chi connectivity index (χ2n) is 6.82. The van der Waals surface area contributed by atoms with E-state index in [9.17, 15) is 9.18 Å². The van der Waals surface area contributed by atoms with Gasteiger partial charge in [0.1, 0.15) is 19.0 Å². The van der Waals surface area contributed by atoms with E-state index in [1.807, 2.05) is 18.2 Å². The van der Waals surface area contributed by atoms with Gasteiger partial charge in [-0.3, -0.25) is 4.79 Å². The van der Waals surface area contributed by atoms with E-state index in [0.29, 0.717) is 53.0 Å². The largest absolute Gasteiger partial charge is 0.486 e. The zero-order valence-corrected chi connectivity index (χ0v) is 16.7. The number of rotatable bonds is 3. The highest BCUT2D eigenvalue weighted by Gasteiger charge is 2.35. The molecule has 1 amide bonds. The molecule has 2 aromatic carbocycles. The summed E-state index contributed by atoms with van der Waals surface area (Å²) in [5.74, 6) is 1.42. The van der Waals surface area contributed by atoms with Gasteiger partial charge in [-0.05, 0) is 46.3 Å². The van der Waals surface area contributed by atoms with Gasteiger partial charge in [-0.2, -0.15) is 4.98 Å². The topological polar surface area (TPSA) is 77.7 Å². The van der Waals surface area contributed by atoms with Crippen LogP contribution in [0.4, 0.5) is 10.1 Å². The number of benzene rings is 2. The molecule has 2 aliphatic rings. The molecule has 0 N–H and O–H groups in total. The van der Waals surface area contributed by atoms with Crippen molar-refractivity contribution in [2.24, 2.45) is 0 Å². The quantitative estimate of drug-likeness (QED) is 0.590. The van der Waals surface area contributed by atoms with Gasteiger partial charge in [0, 0.05) is 30.3 Å². The normalized spacial score (nSPS) is 18.3. The van der Waals surface area contributed by atoms with Gasteiger partial charge in [0.15, 0.2) is 11.5 Å². The molecule has 0 bridgehead atoms. The zero-order chi connectivity index (χ0) is 20.0. The molecule has 0 spiro atoms. The molecule has 9 heteroatoms. The number of ether oxygens (including phenoxy) is 2. The van der Waals surface area contributed by atoms with Crippen LogP contribution in [-0.4, -0.2) is 35.8 Å². The third-order valence-corrected chi connectivity index (χ3v) is 5.54. The fourth-order valence-electron chi connectivity index (χ4n) is 3.48. The first-order chi connectivity index (χ1) is 14.1. The number of nitrogens with zero attached hydrogens (tertiary/aromatic N) is 3. The number of halogens is 2. The lowest BCUT2D eigenvalue weighted by Crippen LogP contribution is -2.24. The van der Waals surface area contributed by atoms with E-state index in [2.05, 4.69) is 26.1 Å². The zero-order valence-electron chi connectivity index (χ0n) is 15.1. The molecular weight excluding hydrogens is 445 g/mol. The Balaban J connectivity index is 1.37. The number of anilines is 1. The molecular formula is C20H15BrFN3O4. The maximum atomic E-state index is 13.4. The number of hydrogen-bond acceptors (Lipinski definition) is 6. The van der Waals surface area contributed by atoms with Crippen molar-refractivity contribution in [3.63, 3.8) is 0 Å². The van der Waals surface area contributed by atoms with Crippen LogP contribution in [0.1, 0.15) is 18.2 Å². The van der Waals surface area contributed by atoms with Crippen LogP contribution in [0.5, 0.6) is 11.5 Å². The number of aromatic nitrogens is 2. The van der Waals surface area contributed by atoms with Crippen molar-refractivity contribution in [1.29, 1.82) is 0 Å². The van der Waals surface area contributed by atoms with E-state index in [0.717, 1.165) is 5.69 Å². The summed E-state index contributed by atoms with van der Waals surface area (Å²) in [6, 6.07) is 9.95. The molecule has 1 fully saturated rings. The van der Waals surface area contributed by atoms with Crippen LogP contribution in [0, 0.1) is 5.82 Å². The average molecular weight is 460 g/mol. The SMILES string of the molecule is O=C1CC(c2nc(-c3ccc(F)c(Br)c3)no2)CN1c1ccc2c(c1)OCCO2. The fourth-order valence-corrected chi connectivity index (χ4v) is 3.85. The second-order valence-corrected chi connectivity index (χ2v) is 7.67. The van der Waals surface area contributed by atoms with E-state index in [-0.39, 0.29) is 24.1 Å². The Hall–Kier alpha value is -2.94. The van der Waals surface area contributed by atoms with E-state index in [1.54, 1.807) is 17.0 Å². The molecule has 0 saturated carbocycles. The van der Waals surface area contributed by atoms with Crippen molar-refractivity contribution in [3.05, 3.63) is 52.6 Å². The van der Waals surface area contributed by atoms with E-state index in [1.165, 1.54) is 6.07 Å². The van der Waals surface area contributed by atoms with Crippen LogP contribution in [-0.2, 0) is 4.79 Å². The molecule has 3 aromatic rings. The molecule has 1 aromatic heterocycles. The molecule has 0 aliphatic carbocycles. The van der Waals surface area contributed by atoms with Crippen LogP contribution >= 0.6 is 15.9 Å². The maximum Gasteiger partial charge on any atom is 0.232 e. The van der Waals surface area contributed by atoms with Crippen molar-refractivity contribution < 1.29 is 23.2 Å². The lowest BCUT2D eigenvalue weighted by molar-refractivity contribution is -0.117. The van der Waals surface area contributed by atoms with Crippen molar-refractivity contribution in [3.8, 4) is 22.9 Å². The summed E-state index contributed by atoms with van der Waals surface area (Å²) < 4.78 is 30.3. The summed E-state index contributed by atoms with van der Waals surface area (Å²) in [4.78, 5) is 18.7. The standard InChI is InChI=1S/C20H15BrFN3O4/c21-14-7-11(1-3-15(14)22)19-23-20(29-24-19)12-8-18(26)25(10-12)13-2-4-16-17(9-13)28-6-5-27-16/h1-4,7,9,12H,5-6,8,10H2. The molecule has 29 heavy (non-hydrogen) atoms. The van der Waals surface area contributed by atoms with Crippen molar-refractivity contribution >= 4 is 27.5 Å². The van der Waals surface area contributed by atoms with Gasteiger partial charge in [-0.25, -0.2) is 4.39 Å². The Morgan fingerprint density at radius 3 is 2.76 bits per heavy atom. The first-order valence-corrected chi connectivity index (χ1v) is 9.87. The predicted molar refractivity (Wildman–Crippen MR) is 105 cm³/mol. The number of hydrogen-bond donors (Lipinski definition) is 0. The molecule has 1 unspecified atom stereocenters. The first-order valence-electron chi connectivity index (χ1n) is 9.07. The lowest BCUT2D eigenvalue weighted by atomic mass is 10.1. The molecule has 1 atom stereocenters. The van der Waals surface area contributed by atoms with Crippen molar-refractivity contribution in [2.45, 2.75) is 12.3 Å². The Bertz CT molecular complexity index is 1100. The van der Waals surface area contributed by atoms with Crippen LogP contribution in [0.2, 0.25) is 0 Å². The molecule has 3 heterocycles. The van der Waals surface area contributed by atoms with Gasteiger partial charge >= 0.3 is 0 Å². The summed E-state index contributed by atoms with van der Waals surface area (Å²) in [5.41, 5.74) is 1.37. The monoisotopic (exact) mass is 459 g/mol. The summed E-state index contributed by atoms with van der Waals surface area (Å²) in [6.07, 6.45) is 0.267. The van der Waals surface area contributed by atoms with Crippen LogP contribution in [0.15, 0.2) is 45.4 Å². The Kier molecular flexibility index (Phi) is 4.46. The predicted octanol–water partition coefficient (Wildman–Crippen LogP) is 3.93. The smallest absolute Gasteiger partial charge is 0.232 e. The van der Waals surface area contributed by atoms with Crippen molar-refractivity contribution in [2.75, 3.05) is 24.7 Å². The highest BCUT2D eigenvalue weighted by atomic mass is 79.9. The van der Waals surface area contributed by atoms with Crippen LogP contribution in [0.25, 0.3) is 11.4 Å². The van der Waals surface area contributed by atoms with Crippen molar-refractivity contribution in [1.82, 2.24) is 10.1 Å².